The third-order valence-electron chi connectivity index (χ3n) is 1.41. The lowest BCUT2D eigenvalue weighted by molar-refractivity contribution is 0.718. The summed E-state index contributed by atoms with van der Waals surface area (Å²) in [4.78, 5) is 0. The maximum Gasteiger partial charge on any atom is -0.0351 e. The molecular formula is C11H24. The first-order chi connectivity index (χ1) is 5.50. The molecule has 0 nitrogen and oxygen atoms in total. The molecule has 0 saturated heterocycles. The van der Waals surface area contributed by atoms with Crippen molar-refractivity contribution in [1.29, 1.82) is 0 Å². The van der Waals surface area contributed by atoms with Crippen molar-refractivity contribution in [3.63, 3.8) is 0 Å². The lowest BCUT2D eigenvalue weighted by Gasteiger charge is -1.86. The Labute approximate surface area is 72.7 Å². The molecule has 0 amide bonds. The fourth-order valence-corrected chi connectivity index (χ4v) is 0.937. The van der Waals surface area contributed by atoms with Gasteiger partial charge in [-0.3, -0.25) is 0 Å². The van der Waals surface area contributed by atoms with Gasteiger partial charge in [-0.25, -0.2) is 0 Å². The highest BCUT2D eigenvalue weighted by Gasteiger charge is 1.88. The minimum atomic E-state index is 1.32. The molecule has 1 aliphatic carbocycles. The molecule has 0 aromatic heterocycles. The lowest BCUT2D eigenvalue weighted by atomic mass is 10.2. The maximum absolute atomic E-state index is 2.30. The van der Waals surface area contributed by atoms with E-state index >= 15 is 0 Å². The van der Waals surface area contributed by atoms with Gasteiger partial charge in [-0.2, -0.15) is 0 Å². The molecule has 0 atom stereocenters. The molecule has 0 N–H and O–H groups in total. The van der Waals surface area contributed by atoms with Crippen LogP contribution >= 0.6 is 0 Å². The van der Waals surface area contributed by atoms with Crippen LogP contribution in [0, 0.1) is 0 Å². The Balaban J connectivity index is 0. The van der Waals surface area contributed by atoms with Crippen LogP contribution in [0.5, 0.6) is 0 Å². The zero-order valence-electron chi connectivity index (χ0n) is 8.69. The van der Waals surface area contributed by atoms with Gasteiger partial charge < -0.3 is 0 Å². The summed E-state index contributed by atoms with van der Waals surface area (Å²) in [5, 5.41) is 0. The van der Waals surface area contributed by atoms with Crippen LogP contribution in [0.1, 0.15) is 59.8 Å². The Hall–Kier alpha value is -0.260. The van der Waals surface area contributed by atoms with E-state index in [-0.39, 0.29) is 0 Å². The molecule has 68 valence electrons. The first kappa shape index (κ1) is 13.3. The first-order valence-corrected chi connectivity index (χ1v) is 5.15. The lowest BCUT2D eigenvalue weighted by Crippen LogP contribution is -1.67. The first-order valence-electron chi connectivity index (χ1n) is 5.15. The molecule has 0 aromatic rings. The number of allylic oxidation sites excluding steroid dienone is 2. The summed E-state index contributed by atoms with van der Waals surface area (Å²) < 4.78 is 0. The van der Waals surface area contributed by atoms with Crippen molar-refractivity contribution in [2.24, 2.45) is 0 Å². The van der Waals surface area contributed by atoms with Gasteiger partial charge in [-0.1, -0.05) is 46.3 Å². The van der Waals surface area contributed by atoms with Crippen molar-refractivity contribution in [2.45, 2.75) is 59.8 Å². The molecule has 0 unspecified atom stereocenters. The van der Waals surface area contributed by atoms with Crippen LogP contribution in [0.3, 0.4) is 0 Å². The highest BCUT2D eigenvalue weighted by Crippen LogP contribution is 2.08. The molecule has 0 saturated carbocycles. The van der Waals surface area contributed by atoms with Gasteiger partial charge in [-0.15, -0.1) is 0 Å². The van der Waals surface area contributed by atoms with Crippen molar-refractivity contribution in [2.75, 3.05) is 0 Å². The molecule has 0 radical (unpaired) electrons. The third kappa shape index (κ3) is 12.8. The normalized spacial score (nSPS) is 14.9. The standard InChI is InChI=1S/C7H12.2C2H6/c1-2-4-6-7-5-3-1;2*1-2/h1-2H,3-7H2;2*1-2H3. The Kier molecular flexibility index (Phi) is 19.9. The Morgan fingerprint density at radius 1 is 0.636 bits per heavy atom. The highest BCUT2D eigenvalue weighted by atomic mass is 13.9. The largest absolute Gasteiger partial charge is 0.0885 e. The van der Waals surface area contributed by atoms with E-state index in [1.807, 2.05) is 27.7 Å². The Morgan fingerprint density at radius 3 is 1.36 bits per heavy atom. The second-order valence-corrected chi connectivity index (χ2v) is 2.11. The average molecular weight is 156 g/mol. The molecule has 0 heteroatoms. The average Bonchev–Trinajstić information content (AvgIpc) is 2.42. The van der Waals surface area contributed by atoms with Gasteiger partial charge in [0, 0.05) is 0 Å². The number of hydrogen-bond donors (Lipinski definition) is 0. The van der Waals surface area contributed by atoms with Crippen LogP contribution in [-0.4, -0.2) is 0 Å². The van der Waals surface area contributed by atoms with E-state index in [0.29, 0.717) is 0 Å². The van der Waals surface area contributed by atoms with Crippen LogP contribution < -0.4 is 0 Å². The Bertz CT molecular complexity index is 54.4. The minimum absolute atomic E-state index is 1.32. The molecule has 1 aliphatic rings. The molecule has 0 heterocycles. The van der Waals surface area contributed by atoms with Gasteiger partial charge in [-0.05, 0) is 25.7 Å². The van der Waals surface area contributed by atoms with E-state index in [1.54, 1.807) is 0 Å². The van der Waals surface area contributed by atoms with Crippen molar-refractivity contribution >= 4 is 0 Å². The zero-order chi connectivity index (χ0) is 8.95. The minimum Gasteiger partial charge on any atom is -0.0885 e. The molecule has 0 bridgehead atoms. The molecule has 0 spiro atoms. The van der Waals surface area contributed by atoms with E-state index in [2.05, 4.69) is 12.2 Å². The Morgan fingerprint density at radius 2 is 1.00 bits per heavy atom. The van der Waals surface area contributed by atoms with Gasteiger partial charge in [0.05, 0.1) is 0 Å². The van der Waals surface area contributed by atoms with Gasteiger partial charge >= 0.3 is 0 Å². The predicted octanol–water partition coefficient (Wildman–Crippen LogP) is 4.56. The number of rotatable bonds is 0. The van der Waals surface area contributed by atoms with Crippen LogP contribution in [0.4, 0.5) is 0 Å². The van der Waals surface area contributed by atoms with Crippen molar-refractivity contribution < 1.29 is 0 Å². The van der Waals surface area contributed by atoms with E-state index < -0.39 is 0 Å². The fraction of sp³-hybridized carbons (Fsp3) is 0.818. The fourth-order valence-electron chi connectivity index (χ4n) is 0.937. The summed E-state index contributed by atoms with van der Waals surface area (Å²) in [6, 6.07) is 0. The van der Waals surface area contributed by atoms with Gasteiger partial charge in [0.15, 0.2) is 0 Å². The summed E-state index contributed by atoms with van der Waals surface area (Å²) in [6.07, 6.45) is 11.5. The SMILES string of the molecule is C1=CCCCCC1.CC.CC. The third-order valence-corrected chi connectivity index (χ3v) is 1.41. The molecule has 0 aliphatic heterocycles. The summed E-state index contributed by atoms with van der Waals surface area (Å²) in [5.74, 6) is 0. The van der Waals surface area contributed by atoms with E-state index in [1.165, 1.54) is 32.1 Å². The van der Waals surface area contributed by atoms with Gasteiger partial charge in [0.1, 0.15) is 0 Å². The van der Waals surface area contributed by atoms with Crippen molar-refractivity contribution in [1.82, 2.24) is 0 Å². The summed E-state index contributed by atoms with van der Waals surface area (Å²) in [6.45, 7) is 8.00. The molecular weight excluding hydrogens is 132 g/mol. The van der Waals surface area contributed by atoms with Crippen molar-refractivity contribution in [3.8, 4) is 0 Å². The number of hydrogen-bond acceptors (Lipinski definition) is 0. The summed E-state index contributed by atoms with van der Waals surface area (Å²) in [5.41, 5.74) is 0. The van der Waals surface area contributed by atoms with Crippen LogP contribution in [0.25, 0.3) is 0 Å². The maximum atomic E-state index is 2.30. The topological polar surface area (TPSA) is 0 Å². The predicted molar refractivity (Wildman–Crippen MR) is 54.9 cm³/mol. The van der Waals surface area contributed by atoms with E-state index in [0.717, 1.165) is 0 Å². The van der Waals surface area contributed by atoms with E-state index in [9.17, 15) is 0 Å². The monoisotopic (exact) mass is 156 g/mol. The van der Waals surface area contributed by atoms with Gasteiger partial charge in [0.25, 0.3) is 0 Å². The van der Waals surface area contributed by atoms with Gasteiger partial charge in [0.2, 0.25) is 0 Å². The molecule has 11 heavy (non-hydrogen) atoms. The molecule has 0 aromatic carbocycles. The van der Waals surface area contributed by atoms with Crippen LogP contribution in [-0.2, 0) is 0 Å². The van der Waals surface area contributed by atoms with Crippen molar-refractivity contribution in [3.05, 3.63) is 12.2 Å². The second kappa shape index (κ2) is 16.4. The zero-order valence-corrected chi connectivity index (χ0v) is 8.69. The quantitative estimate of drug-likeness (QED) is 0.451. The smallest absolute Gasteiger partial charge is 0.0351 e. The van der Waals surface area contributed by atoms with Crippen LogP contribution in [0.2, 0.25) is 0 Å². The highest BCUT2D eigenvalue weighted by molar-refractivity contribution is 4.83. The summed E-state index contributed by atoms with van der Waals surface area (Å²) >= 11 is 0. The van der Waals surface area contributed by atoms with Crippen LogP contribution in [0.15, 0.2) is 12.2 Å². The molecule has 0 fully saturated rings. The molecule has 1 rings (SSSR count). The summed E-state index contributed by atoms with van der Waals surface area (Å²) in [7, 11) is 0. The second-order valence-electron chi connectivity index (χ2n) is 2.11. The van der Waals surface area contributed by atoms with E-state index in [4.69, 9.17) is 0 Å².